The Labute approximate surface area is 111 Å². The maximum absolute atomic E-state index is 10.6. The number of aromatic nitrogens is 2. The number of nitrogens with zero attached hydrogens (tertiary/aromatic N) is 3. The van der Waals surface area contributed by atoms with Gasteiger partial charge in [-0.1, -0.05) is 11.8 Å². The first kappa shape index (κ1) is 13.1. The first-order valence-electron chi connectivity index (χ1n) is 6.02. The number of carboxylic acid groups (broad SMARTS) is 1. The van der Waals surface area contributed by atoms with Gasteiger partial charge in [0.15, 0.2) is 5.16 Å². The van der Waals surface area contributed by atoms with Gasteiger partial charge in [-0.25, -0.2) is 9.97 Å². The highest BCUT2D eigenvalue weighted by Gasteiger charge is 2.18. The van der Waals surface area contributed by atoms with Crippen LogP contribution in [0.5, 0.6) is 0 Å². The van der Waals surface area contributed by atoms with Crippen molar-refractivity contribution in [3.8, 4) is 0 Å². The van der Waals surface area contributed by atoms with E-state index in [2.05, 4.69) is 14.9 Å². The van der Waals surface area contributed by atoms with Crippen LogP contribution >= 0.6 is 11.8 Å². The SMILES string of the molecule is Cc1nc(SCC(=O)O)nc(N2CCCC2)c1C. The van der Waals surface area contributed by atoms with Crippen LogP contribution in [0.4, 0.5) is 5.82 Å². The summed E-state index contributed by atoms with van der Waals surface area (Å²) < 4.78 is 0. The van der Waals surface area contributed by atoms with Crippen LogP contribution in [0.15, 0.2) is 5.16 Å². The van der Waals surface area contributed by atoms with Crippen molar-refractivity contribution in [1.29, 1.82) is 0 Å². The summed E-state index contributed by atoms with van der Waals surface area (Å²) in [4.78, 5) is 21.7. The summed E-state index contributed by atoms with van der Waals surface area (Å²) in [6, 6.07) is 0. The Kier molecular flexibility index (Phi) is 4.06. The van der Waals surface area contributed by atoms with Crippen LogP contribution < -0.4 is 4.90 Å². The molecular weight excluding hydrogens is 250 g/mol. The number of aryl methyl sites for hydroxylation is 1. The van der Waals surface area contributed by atoms with Gasteiger partial charge in [0.2, 0.25) is 0 Å². The molecule has 0 aliphatic carbocycles. The lowest BCUT2D eigenvalue weighted by atomic mass is 10.2. The molecule has 0 unspecified atom stereocenters. The quantitative estimate of drug-likeness (QED) is 0.663. The second kappa shape index (κ2) is 5.56. The molecule has 6 heteroatoms. The molecule has 1 fully saturated rings. The van der Waals surface area contributed by atoms with E-state index in [4.69, 9.17) is 5.11 Å². The van der Waals surface area contributed by atoms with Gasteiger partial charge < -0.3 is 10.0 Å². The molecule has 1 aliphatic rings. The molecule has 0 spiro atoms. The van der Waals surface area contributed by atoms with Crippen LogP contribution in [0.1, 0.15) is 24.1 Å². The molecular formula is C12H17N3O2S. The first-order valence-corrected chi connectivity index (χ1v) is 7.01. The van der Waals surface area contributed by atoms with Crippen LogP contribution in [-0.4, -0.2) is 39.9 Å². The summed E-state index contributed by atoms with van der Waals surface area (Å²) in [6.45, 7) is 6.02. The Bertz CT molecular complexity index is 459. The molecule has 1 aromatic heterocycles. The largest absolute Gasteiger partial charge is 0.481 e. The van der Waals surface area contributed by atoms with Crippen LogP contribution in [0, 0.1) is 13.8 Å². The highest BCUT2D eigenvalue weighted by Crippen LogP contribution is 2.26. The van der Waals surface area contributed by atoms with Crippen molar-refractivity contribution in [2.75, 3.05) is 23.7 Å². The molecule has 0 aromatic carbocycles. The van der Waals surface area contributed by atoms with Crippen LogP contribution in [-0.2, 0) is 4.79 Å². The first-order chi connectivity index (χ1) is 8.58. The fourth-order valence-corrected chi connectivity index (χ4v) is 2.62. The predicted molar refractivity (Wildman–Crippen MR) is 71.3 cm³/mol. The molecule has 0 amide bonds. The van der Waals surface area contributed by atoms with E-state index in [0.717, 1.165) is 30.2 Å². The lowest BCUT2D eigenvalue weighted by Crippen LogP contribution is -2.21. The van der Waals surface area contributed by atoms with Gasteiger partial charge in [0.1, 0.15) is 5.82 Å². The zero-order valence-electron chi connectivity index (χ0n) is 10.6. The van der Waals surface area contributed by atoms with Crippen molar-refractivity contribution < 1.29 is 9.90 Å². The molecule has 1 aliphatic heterocycles. The lowest BCUT2D eigenvalue weighted by molar-refractivity contribution is -0.133. The zero-order valence-corrected chi connectivity index (χ0v) is 11.5. The Morgan fingerprint density at radius 1 is 1.33 bits per heavy atom. The maximum Gasteiger partial charge on any atom is 0.313 e. The van der Waals surface area contributed by atoms with Gasteiger partial charge in [0.25, 0.3) is 0 Å². The fourth-order valence-electron chi connectivity index (χ4n) is 2.02. The van der Waals surface area contributed by atoms with Crippen molar-refractivity contribution >= 4 is 23.5 Å². The third-order valence-corrected chi connectivity index (χ3v) is 3.91. The van der Waals surface area contributed by atoms with E-state index >= 15 is 0 Å². The van der Waals surface area contributed by atoms with Gasteiger partial charge in [-0.05, 0) is 26.7 Å². The number of rotatable bonds is 4. The van der Waals surface area contributed by atoms with Crippen molar-refractivity contribution in [2.45, 2.75) is 31.8 Å². The molecule has 18 heavy (non-hydrogen) atoms. The lowest BCUT2D eigenvalue weighted by Gasteiger charge is -2.20. The van der Waals surface area contributed by atoms with Crippen molar-refractivity contribution in [1.82, 2.24) is 9.97 Å². The van der Waals surface area contributed by atoms with Crippen LogP contribution in [0.2, 0.25) is 0 Å². The highest BCUT2D eigenvalue weighted by atomic mass is 32.2. The summed E-state index contributed by atoms with van der Waals surface area (Å²) in [5.74, 6) is 0.125. The third kappa shape index (κ3) is 2.93. The zero-order chi connectivity index (χ0) is 13.1. The molecule has 5 nitrogen and oxygen atoms in total. The van der Waals surface area contributed by atoms with Gasteiger partial charge in [-0.2, -0.15) is 0 Å². The monoisotopic (exact) mass is 267 g/mol. The summed E-state index contributed by atoms with van der Waals surface area (Å²) >= 11 is 1.18. The topological polar surface area (TPSA) is 66.3 Å². The number of carbonyl (C=O) groups is 1. The third-order valence-electron chi connectivity index (χ3n) is 3.07. The van der Waals surface area contributed by atoms with Gasteiger partial charge in [0.05, 0.1) is 5.75 Å². The highest BCUT2D eigenvalue weighted by molar-refractivity contribution is 7.99. The second-order valence-corrected chi connectivity index (χ2v) is 5.36. The Morgan fingerprint density at radius 3 is 2.61 bits per heavy atom. The average molecular weight is 267 g/mol. The van der Waals surface area contributed by atoms with Gasteiger partial charge in [0, 0.05) is 24.3 Å². The van der Waals surface area contributed by atoms with E-state index in [1.54, 1.807) is 0 Å². The van der Waals surface area contributed by atoms with Crippen LogP contribution in [0.3, 0.4) is 0 Å². The fraction of sp³-hybridized carbons (Fsp3) is 0.583. The predicted octanol–water partition coefficient (Wildman–Crippen LogP) is 1.87. The molecule has 2 heterocycles. The number of hydrogen-bond acceptors (Lipinski definition) is 5. The van der Waals surface area contributed by atoms with E-state index in [9.17, 15) is 4.79 Å². The number of aliphatic carboxylic acids is 1. The van der Waals surface area contributed by atoms with Gasteiger partial charge in [-0.15, -0.1) is 0 Å². The number of hydrogen-bond donors (Lipinski definition) is 1. The van der Waals surface area contributed by atoms with E-state index < -0.39 is 5.97 Å². The second-order valence-electron chi connectivity index (χ2n) is 4.42. The van der Waals surface area contributed by atoms with E-state index in [0.29, 0.717) is 5.16 Å². The van der Waals surface area contributed by atoms with Crippen molar-refractivity contribution in [2.24, 2.45) is 0 Å². The smallest absolute Gasteiger partial charge is 0.313 e. The normalized spacial score (nSPS) is 15.1. The van der Waals surface area contributed by atoms with E-state index in [1.165, 1.54) is 24.6 Å². The number of thioether (sulfide) groups is 1. The summed E-state index contributed by atoms with van der Waals surface area (Å²) in [6.07, 6.45) is 2.39. The summed E-state index contributed by atoms with van der Waals surface area (Å²) in [5, 5.41) is 9.25. The molecule has 0 radical (unpaired) electrons. The summed E-state index contributed by atoms with van der Waals surface area (Å²) in [7, 11) is 0. The Hall–Kier alpha value is -1.30. The van der Waals surface area contributed by atoms with E-state index in [-0.39, 0.29) is 5.75 Å². The number of anilines is 1. The Morgan fingerprint density at radius 2 is 2.00 bits per heavy atom. The molecule has 0 bridgehead atoms. The molecule has 1 aromatic rings. The van der Waals surface area contributed by atoms with Crippen molar-refractivity contribution in [3.05, 3.63) is 11.3 Å². The minimum absolute atomic E-state index is 0.00193. The standard InChI is InChI=1S/C12H17N3O2S/c1-8-9(2)13-12(18-7-10(16)17)14-11(8)15-5-3-4-6-15/h3-7H2,1-2H3,(H,16,17). The minimum atomic E-state index is -0.843. The molecule has 98 valence electrons. The molecule has 1 saturated heterocycles. The maximum atomic E-state index is 10.6. The number of carboxylic acids is 1. The van der Waals surface area contributed by atoms with Gasteiger partial charge >= 0.3 is 5.97 Å². The molecule has 1 N–H and O–H groups in total. The van der Waals surface area contributed by atoms with Crippen molar-refractivity contribution in [3.63, 3.8) is 0 Å². The average Bonchev–Trinajstić information content (AvgIpc) is 2.84. The molecule has 0 atom stereocenters. The summed E-state index contributed by atoms with van der Waals surface area (Å²) in [5.41, 5.74) is 2.02. The van der Waals surface area contributed by atoms with Gasteiger partial charge in [-0.3, -0.25) is 4.79 Å². The Balaban J connectivity index is 2.24. The molecule has 2 rings (SSSR count). The molecule has 0 saturated carbocycles. The van der Waals surface area contributed by atoms with E-state index in [1.807, 2.05) is 13.8 Å². The van der Waals surface area contributed by atoms with Crippen LogP contribution in [0.25, 0.3) is 0 Å². The minimum Gasteiger partial charge on any atom is -0.481 e.